The molecule has 8 heteroatoms. The molecule has 1 aromatic heterocycles. The van der Waals surface area contributed by atoms with Gasteiger partial charge in [0.25, 0.3) is 0 Å². The van der Waals surface area contributed by atoms with Gasteiger partial charge >= 0.3 is 5.97 Å². The summed E-state index contributed by atoms with van der Waals surface area (Å²) in [6.07, 6.45) is 0.458. The second-order valence-corrected chi connectivity index (χ2v) is 9.05. The molecule has 0 radical (unpaired) electrons. The predicted molar refractivity (Wildman–Crippen MR) is 125 cm³/mol. The van der Waals surface area contributed by atoms with E-state index in [0.29, 0.717) is 29.0 Å². The molecule has 0 saturated carbocycles. The molecule has 1 aliphatic heterocycles. The number of halogens is 1. The Balaban J connectivity index is 1.26. The van der Waals surface area contributed by atoms with Crippen LogP contribution in [0.1, 0.15) is 31.3 Å². The number of hydrogen-bond donors (Lipinski definition) is 0. The van der Waals surface area contributed by atoms with Gasteiger partial charge in [-0.25, -0.2) is 14.2 Å². The molecule has 4 aromatic rings. The van der Waals surface area contributed by atoms with Crippen molar-refractivity contribution in [2.75, 3.05) is 13.7 Å². The van der Waals surface area contributed by atoms with Gasteiger partial charge in [0.2, 0.25) is 0 Å². The number of hydrogen-bond acceptors (Lipinski definition) is 7. The molecule has 0 fully saturated rings. The second-order valence-electron chi connectivity index (χ2n) is 7.93. The number of benzene rings is 3. The zero-order valence-electron chi connectivity index (χ0n) is 18.2. The molecular weight excluding hydrogens is 457 g/mol. The Hall–Kier alpha value is -3.78. The van der Waals surface area contributed by atoms with Crippen LogP contribution in [-0.4, -0.2) is 30.5 Å². The number of methoxy groups -OCH3 is 1. The number of ketones is 1. The molecule has 0 aliphatic carbocycles. The Labute approximate surface area is 198 Å². The summed E-state index contributed by atoms with van der Waals surface area (Å²) in [4.78, 5) is 29.3. The summed E-state index contributed by atoms with van der Waals surface area (Å²) in [7, 11) is 1.34. The monoisotopic (exact) mass is 477 g/mol. The van der Waals surface area contributed by atoms with Crippen LogP contribution in [-0.2, 0) is 17.8 Å². The first-order valence-corrected chi connectivity index (χ1v) is 11.5. The molecule has 1 aliphatic rings. The van der Waals surface area contributed by atoms with Crippen molar-refractivity contribution in [1.82, 2.24) is 4.98 Å². The number of thiazole rings is 1. The maximum absolute atomic E-state index is 13.4. The van der Waals surface area contributed by atoms with Crippen molar-refractivity contribution in [3.8, 4) is 11.5 Å². The first-order valence-electron chi connectivity index (χ1n) is 10.7. The van der Waals surface area contributed by atoms with Crippen LogP contribution in [0.15, 0.2) is 60.7 Å². The van der Waals surface area contributed by atoms with E-state index in [-0.39, 0.29) is 30.7 Å². The van der Waals surface area contributed by atoms with Crippen LogP contribution in [0.3, 0.4) is 0 Å². The van der Waals surface area contributed by atoms with Crippen LogP contribution < -0.4 is 9.47 Å². The van der Waals surface area contributed by atoms with Crippen molar-refractivity contribution in [2.45, 2.75) is 13.0 Å². The van der Waals surface area contributed by atoms with Gasteiger partial charge in [-0.2, -0.15) is 0 Å². The van der Waals surface area contributed by atoms with Gasteiger partial charge in [-0.1, -0.05) is 12.1 Å². The van der Waals surface area contributed by atoms with Crippen LogP contribution in [0.5, 0.6) is 11.5 Å². The molecular formula is C26H20FNO5S. The summed E-state index contributed by atoms with van der Waals surface area (Å²) >= 11 is 1.37. The van der Waals surface area contributed by atoms with E-state index in [4.69, 9.17) is 14.2 Å². The average Bonchev–Trinajstić information content (AvgIpc) is 3.26. The molecule has 172 valence electrons. The first-order chi connectivity index (χ1) is 16.5. The van der Waals surface area contributed by atoms with Crippen molar-refractivity contribution < 1.29 is 28.2 Å². The molecule has 1 unspecified atom stereocenters. The molecule has 0 N–H and O–H groups in total. The molecule has 0 spiro atoms. The maximum atomic E-state index is 13.4. The highest BCUT2D eigenvalue weighted by Gasteiger charge is 2.29. The van der Waals surface area contributed by atoms with E-state index in [1.165, 1.54) is 30.6 Å². The maximum Gasteiger partial charge on any atom is 0.337 e. The summed E-state index contributed by atoms with van der Waals surface area (Å²) in [5.41, 5.74) is 2.55. The van der Waals surface area contributed by atoms with Crippen molar-refractivity contribution >= 4 is 33.3 Å². The fourth-order valence-electron chi connectivity index (χ4n) is 3.93. The lowest BCUT2D eigenvalue weighted by Gasteiger charge is -2.24. The number of esters is 1. The van der Waals surface area contributed by atoms with Crippen LogP contribution in [0.25, 0.3) is 10.2 Å². The fourth-order valence-corrected chi connectivity index (χ4v) is 4.84. The largest absolute Gasteiger partial charge is 0.492 e. The molecule has 0 amide bonds. The Morgan fingerprint density at radius 3 is 2.91 bits per heavy atom. The number of aromatic nitrogens is 1. The highest BCUT2D eigenvalue weighted by Crippen LogP contribution is 2.33. The fraction of sp³-hybridized carbons (Fsp3) is 0.192. The van der Waals surface area contributed by atoms with Crippen LogP contribution >= 0.6 is 11.3 Å². The molecule has 5 rings (SSSR count). The number of ether oxygens (including phenoxy) is 3. The van der Waals surface area contributed by atoms with Crippen LogP contribution in [0.2, 0.25) is 0 Å². The molecule has 0 saturated heterocycles. The van der Waals surface area contributed by atoms with E-state index in [2.05, 4.69) is 4.98 Å². The number of nitrogens with zero attached hydrogens (tertiary/aromatic N) is 1. The topological polar surface area (TPSA) is 74.7 Å². The number of fused-ring (bicyclic) bond motifs is 2. The van der Waals surface area contributed by atoms with Crippen molar-refractivity contribution in [2.24, 2.45) is 5.92 Å². The normalized spacial score (nSPS) is 15.0. The van der Waals surface area contributed by atoms with Gasteiger partial charge < -0.3 is 14.2 Å². The van der Waals surface area contributed by atoms with Gasteiger partial charge in [-0.15, -0.1) is 11.3 Å². The van der Waals surface area contributed by atoms with Gasteiger partial charge in [0, 0.05) is 6.07 Å². The average molecular weight is 478 g/mol. The number of carbonyl (C=O) groups is 2. The lowest BCUT2D eigenvalue weighted by Crippen LogP contribution is -2.29. The first kappa shape index (κ1) is 22.0. The van der Waals surface area contributed by atoms with Crippen LogP contribution in [0.4, 0.5) is 4.39 Å². The molecule has 0 bridgehead atoms. The van der Waals surface area contributed by atoms with E-state index in [1.54, 1.807) is 42.5 Å². The Bertz CT molecular complexity index is 1400. The highest BCUT2D eigenvalue weighted by molar-refractivity contribution is 7.18. The minimum Gasteiger partial charge on any atom is -0.492 e. The second kappa shape index (κ2) is 9.23. The summed E-state index contributed by atoms with van der Waals surface area (Å²) in [6.45, 7) is 0.466. The minimum absolute atomic E-state index is 0.00975. The van der Waals surface area contributed by atoms with E-state index in [0.717, 1.165) is 20.8 Å². The Morgan fingerprint density at radius 1 is 1.18 bits per heavy atom. The SMILES string of the molecule is COC(=O)c1cccc(CC2COc3cc(OCc4nc5ccc(F)cc5s4)ccc3C2=O)c1. The number of carbonyl (C=O) groups excluding carboxylic acids is 2. The van der Waals surface area contributed by atoms with Gasteiger partial charge in [-0.3, -0.25) is 4.79 Å². The smallest absolute Gasteiger partial charge is 0.337 e. The Morgan fingerprint density at radius 2 is 2.06 bits per heavy atom. The molecule has 6 nitrogen and oxygen atoms in total. The Kier molecular flexibility index (Phi) is 5.98. The zero-order chi connectivity index (χ0) is 23.7. The van der Waals surface area contributed by atoms with E-state index in [1.807, 2.05) is 6.07 Å². The van der Waals surface area contributed by atoms with Gasteiger partial charge in [0.15, 0.2) is 5.78 Å². The third-order valence-corrected chi connectivity index (χ3v) is 6.61. The predicted octanol–water partition coefficient (Wildman–Crippen LogP) is 5.24. The third-order valence-electron chi connectivity index (χ3n) is 5.62. The standard InChI is InChI=1S/C26H20FNO5S/c1-31-26(30)16-4-2-3-15(9-16)10-17-13-33-22-12-19(6-7-20(22)25(17)29)32-14-24-28-21-8-5-18(27)11-23(21)34-24/h2-9,11-12,17H,10,13-14H2,1H3. The van der Waals surface area contributed by atoms with E-state index < -0.39 is 5.97 Å². The molecule has 1 atom stereocenters. The van der Waals surface area contributed by atoms with Crippen molar-refractivity contribution in [3.63, 3.8) is 0 Å². The molecule has 3 aromatic carbocycles. The van der Waals surface area contributed by atoms with Crippen LogP contribution in [0, 0.1) is 11.7 Å². The summed E-state index contributed by atoms with van der Waals surface area (Å²) in [5, 5.41) is 0.726. The quantitative estimate of drug-likeness (QED) is 0.354. The van der Waals surface area contributed by atoms with Crippen molar-refractivity contribution in [3.05, 3.63) is 88.2 Å². The third kappa shape index (κ3) is 4.49. The zero-order valence-corrected chi connectivity index (χ0v) is 19.1. The minimum atomic E-state index is -0.413. The summed E-state index contributed by atoms with van der Waals surface area (Å²) in [6, 6.07) is 16.7. The molecule has 34 heavy (non-hydrogen) atoms. The van der Waals surface area contributed by atoms with Crippen molar-refractivity contribution in [1.29, 1.82) is 0 Å². The lowest BCUT2D eigenvalue weighted by atomic mass is 9.89. The lowest BCUT2D eigenvalue weighted by molar-refractivity contribution is 0.0600. The number of Topliss-reactive ketones (excluding diaryl/α,β-unsaturated/α-hetero) is 1. The molecule has 2 heterocycles. The van der Waals surface area contributed by atoms with E-state index >= 15 is 0 Å². The summed E-state index contributed by atoms with van der Waals surface area (Å²) in [5.74, 6) is -0.0343. The van der Waals surface area contributed by atoms with Gasteiger partial charge in [0.1, 0.15) is 28.9 Å². The van der Waals surface area contributed by atoms with Gasteiger partial charge in [0.05, 0.1) is 41.0 Å². The van der Waals surface area contributed by atoms with Gasteiger partial charge in [-0.05, 0) is 54.4 Å². The number of rotatable bonds is 6. The van der Waals surface area contributed by atoms with E-state index in [9.17, 15) is 14.0 Å². The summed E-state index contributed by atoms with van der Waals surface area (Å²) < 4.78 is 30.6. The highest BCUT2D eigenvalue weighted by atomic mass is 32.1.